The van der Waals surface area contributed by atoms with Crippen LogP contribution in [0.3, 0.4) is 0 Å². The van der Waals surface area contributed by atoms with E-state index in [0.29, 0.717) is 6.29 Å². The Labute approximate surface area is 122 Å². The van der Waals surface area contributed by atoms with Crippen molar-refractivity contribution in [1.29, 1.82) is 0 Å². The average Bonchev–Trinajstić information content (AvgIpc) is 2.29. The zero-order valence-corrected chi connectivity index (χ0v) is 12.5. The normalized spacial score (nSPS) is 14.3. The van der Waals surface area contributed by atoms with Crippen LogP contribution in [0, 0.1) is 5.82 Å². The van der Waals surface area contributed by atoms with E-state index in [1.54, 1.807) is 20.8 Å². The Bertz CT molecular complexity index is 528. The second-order valence-corrected chi connectivity index (χ2v) is 5.98. The maximum Gasteiger partial charge on any atom is 0.408 e. The third kappa shape index (κ3) is 4.20. The van der Waals surface area contributed by atoms with Crippen molar-refractivity contribution in [3.8, 4) is 0 Å². The van der Waals surface area contributed by atoms with Gasteiger partial charge < -0.3 is 14.8 Å². The van der Waals surface area contributed by atoms with Crippen LogP contribution in [-0.2, 0) is 15.1 Å². The number of ether oxygens (including phenoxy) is 1. The number of aldehydes is 1. The highest BCUT2D eigenvalue weighted by molar-refractivity contribution is 6.31. The van der Waals surface area contributed by atoms with E-state index in [0.717, 1.165) is 6.07 Å². The van der Waals surface area contributed by atoms with Crippen LogP contribution in [0.15, 0.2) is 18.2 Å². The molecule has 0 spiro atoms. The number of rotatable bonds is 3. The lowest BCUT2D eigenvalue weighted by Gasteiger charge is -2.28. The molecule has 1 N–H and O–H groups in total. The summed E-state index contributed by atoms with van der Waals surface area (Å²) < 4.78 is 18.4. The zero-order chi connectivity index (χ0) is 15.6. The molecule has 6 heteroatoms. The van der Waals surface area contributed by atoms with Crippen LogP contribution >= 0.6 is 11.6 Å². The van der Waals surface area contributed by atoms with Gasteiger partial charge in [-0.1, -0.05) is 11.6 Å². The van der Waals surface area contributed by atoms with Gasteiger partial charge in [-0.2, -0.15) is 0 Å². The van der Waals surface area contributed by atoms with Crippen molar-refractivity contribution in [3.05, 3.63) is 34.6 Å². The van der Waals surface area contributed by atoms with E-state index in [1.807, 2.05) is 0 Å². The third-order valence-electron chi connectivity index (χ3n) is 2.48. The fraction of sp³-hybridized carbons (Fsp3) is 0.429. The summed E-state index contributed by atoms with van der Waals surface area (Å²) in [4.78, 5) is 23.1. The van der Waals surface area contributed by atoms with Gasteiger partial charge in [0.1, 0.15) is 23.2 Å². The van der Waals surface area contributed by atoms with Gasteiger partial charge in [0, 0.05) is 10.6 Å². The molecular formula is C14H17ClFNO3. The molecular weight excluding hydrogens is 285 g/mol. The maximum absolute atomic E-state index is 13.3. The highest BCUT2D eigenvalue weighted by Gasteiger charge is 2.32. The summed E-state index contributed by atoms with van der Waals surface area (Å²) in [6.07, 6.45) is -0.301. The molecule has 20 heavy (non-hydrogen) atoms. The van der Waals surface area contributed by atoms with Crippen LogP contribution in [-0.4, -0.2) is 18.0 Å². The van der Waals surface area contributed by atoms with Gasteiger partial charge in [-0.05, 0) is 45.9 Å². The molecule has 0 aliphatic rings. The molecule has 1 aromatic carbocycles. The number of hydrogen-bond donors (Lipinski definition) is 1. The van der Waals surface area contributed by atoms with Crippen LogP contribution in [0.25, 0.3) is 0 Å². The molecule has 1 amide bonds. The zero-order valence-electron chi connectivity index (χ0n) is 11.8. The summed E-state index contributed by atoms with van der Waals surface area (Å²) >= 11 is 5.96. The van der Waals surface area contributed by atoms with Crippen molar-refractivity contribution in [2.45, 2.75) is 38.8 Å². The molecule has 0 aliphatic heterocycles. The number of alkyl carbamates (subject to hydrolysis) is 1. The van der Waals surface area contributed by atoms with E-state index >= 15 is 0 Å². The van der Waals surface area contributed by atoms with Crippen molar-refractivity contribution in [1.82, 2.24) is 5.32 Å². The van der Waals surface area contributed by atoms with Crippen molar-refractivity contribution in [2.75, 3.05) is 0 Å². The number of hydrogen-bond acceptors (Lipinski definition) is 3. The summed E-state index contributed by atoms with van der Waals surface area (Å²) in [6, 6.07) is 3.60. The first kappa shape index (κ1) is 16.4. The molecule has 1 rings (SSSR count). The second kappa shape index (κ2) is 5.79. The van der Waals surface area contributed by atoms with E-state index in [1.165, 1.54) is 19.1 Å². The fourth-order valence-electron chi connectivity index (χ4n) is 1.57. The lowest BCUT2D eigenvalue weighted by molar-refractivity contribution is -0.113. The van der Waals surface area contributed by atoms with Crippen molar-refractivity contribution >= 4 is 24.0 Å². The van der Waals surface area contributed by atoms with E-state index < -0.39 is 23.1 Å². The molecule has 110 valence electrons. The van der Waals surface area contributed by atoms with Crippen LogP contribution in [0.1, 0.15) is 33.3 Å². The average molecular weight is 302 g/mol. The number of benzene rings is 1. The minimum atomic E-state index is -1.47. The van der Waals surface area contributed by atoms with E-state index in [4.69, 9.17) is 16.3 Å². The fourth-order valence-corrected chi connectivity index (χ4v) is 1.89. The van der Waals surface area contributed by atoms with Crippen LogP contribution in [0.2, 0.25) is 5.02 Å². The maximum atomic E-state index is 13.3. The first-order chi connectivity index (χ1) is 9.07. The lowest BCUT2D eigenvalue weighted by Crippen LogP contribution is -2.47. The molecule has 0 fully saturated rings. The van der Waals surface area contributed by atoms with Gasteiger partial charge in [0.25, 0.3) is 0 Å². The molecule has 0 heterocycles. The van der Waals surface area contributed by atoms with Crippen LogP contribution < -0.4 is 5.32 Å². The Balaban J connectivity index is 3.06. The van der Waals surface area contributed by atoms with Gasteiger partial charge in [-0.25, -0.2) is 9.18 Å². The highest BCUT2D eigenvalue weighted by atomic mass is 35.5. The van der Waals surface area contributed by atoms with Crippen molar-refractivity contribution in [3.63, 3.8) is 0 Å². The minimum Gasteiger partial charge on any atom is -0.444 e. The predicted molar refractivity (Wildman–Crippen MR) is 74.2 cm³/mol. The standard InChI is InChI=1S/C14H17ClFNO3/c1-13(2,3)20-12(19)17-14(4,8-18)10-7-9(16)5-6-11(10)15/h5-8H,1-4H3,(H,17,19). The van der Waals surface area contributed by atoms with Gasteiger partial charge >= 0.3 is 6.09 Å². The van der Waals surface area contributed by atoms with Crippen molar-refractivity contribution < 1.29 is 18.7 Å². The van der Waals surface area contributed by atoms with Crippen LogP contribution in [0.4, 0.5) is 9.18 Å². The van der Waals surface area contributed by atoms with Crippen LogP contribution in [0.5, 0.6) is 0 Å². The summed E-state index contributed by atoms with van der Waals surface area (Å²) in [5, 5.41) is 2.58. The summed E-state index contributed by atoms with van der Waals surface area (Å²) in [5.41, 5.74) is -2.01. The van der Waals surface area contributed by atoms with Crippen molar-refractivity contribution in [2.24, 2.45) is 0 Å². The smallest absolute Gasteiger partial charge is 0.408 e. The van der Waals surface area contributed by atoms with E-state index in [9.17, 15) is 14.0 Å². The Hall–Kier alpha value is -1.62. The molecule has 0 radical (unpaired) electrons. The first-order valence-electron chi connectivity index (χ1n) is 6.00. The largest absolute Gasteiger partial charge is 0.444 e. The number of carbonyl (C=O) groups is 2. The molecule has 0 saturated heterocycles. The van der Waals surface area contributed by atoms with Gasteiger partial charge in [-0.15, -0.1) is 0 Å². The number of amides is 1. The Kier molecular flexibility index (Phi) is 4.76. The monoisotopic (exact) mass is 301 g/mol. The Morgan fingerprint density at radius 2 is 1.95 bits per heavy atom. The second-order valence-electron chi connectivity index (χ2n) is 5.57. The molecule has 4 nitrogen and oxygen atoms in total. The molecule has 1 unspecified atom stereocenters. The van der Waals surface area contributed by atoms with Gasteiger partial charge in [-0.3, -0.25) is 0 Å². The Morgan fingerprint density at radius 1 is 1.35 bits per heavy atom. The Morgan fingerprint density at radius 3 is 2.45 bits per heavy atom. The molecule has 0 aliphatic carbocycles. The van der Waals surface area contributed by atoms with Gasteiger partial charge in [0.2, 0.25) is 0 Å². The van der Waals surface area contributed by atoms with Gasteiger partial charge in [0.15, 0.2) is 0 Å². The topological polar surface area (TPSA) is 55.4 Å². The van der Waals surface area contributed by atoms with E-state index in [-0.39, 0.29) is 10.6 Å². The number of halogens is 2. The highest BCUT2D eigenvalue weighted by Crippen LogP contribution is 2.27. The lowest BCUT2D eigenvalue weighted by atomic mass is 9.93. The van der Waals surface area contributed by atoms with E-state index in [2.05, 4.69) is 5.32 Å². The summed E-state index contributed by atoms with van der Waals surface area (Å²) in [7, 11) is 0. The SMILES string of the molecule is CC(C)(C)OC(=O)NC(C)(C=O)c1cc(F)ccc1Cl. The molecule has 1 aromatic rings. The number of nitrogens with one attached hydrogen (secondary N) is 1. The van der Waals surface area contributed by atoms with Gasteiger partial charge in [0.05, 0.1) is 0 Å². The predicted octanol–water partition coefficient (Wildman–Crippen LogP) is 3.42. The molecule has 0 aromatic heterocycles. The summed E-state index contributed by atoms with van der Waals surface area (Å²) in [6.45, 7) is 6.50. The molecule has 0 bridgehead atoms. The molecule has 1 atom stereocenters. The summed E-state index contributed by atoms with van der Waals surface area (Å²) in [5.74, 6) is -0.552. The quantitative estimate of drug-likeness (QED) is 0.870. The third-order valence-corrected chi connectivity index (χ3v) is 2.81. The molecule has 0 saturated carbocycles. The first-order valence-corrected chi connectivity index (χ1v) is 6.38. The number of carbonyl (C=O) groups excluding carboxylic acids is 2. The minimum absolute atomic E-state index is 0.167.